The maximum absolute atomic E-state index is 8.48. The molecule has 0 amide bonds. The Morgan fingerprint density at radius 3 is 1.04 bits per heavy atom. The molecule has 18 heteroatoms. The molecule has 3 aliphatic carbocycles. The predicted octanol–water partition coefficient (Wildman–Crippen LogP) is 21.1. The monoisotopic (exact) mass is 1700 g/mol. The van der Waals surface area contributed by atoms with Crippen molar-refractivity contribution in [3.63, 3.8) is 0 Å². The summed E-state index contributed by atoms with van der Waals surface area (Å²) in [4.78, 5) is 14.2. The molecule has 0 radical (unpaired) electrons. The van der Waals surface area contributed by atoms with Crippen LogP contribution in [-0.2, 0) is 56.8 Å². The van der Waals surface area contributed by atoms with E-state index in [1.807, 2.05) is 94.9 Å². The Morgan fingerprint density at radius 1 is 0.345 bits per heavy atom. The lowest BCUT2D eigenvalue weighted by molar-refractivity contribution is -0.0609. The van der Waals surface area contributed by atoms with Crippen LogP contribution in [0.25, 0.3) is 0 Å². The molecule has 10 unspecified atom stereocenters. The lowest BCUT2D eigenvalue weighted by atomic mass is 10.0. The number of ether oxygens (including phenoxy) is 12. The van der Waals surface area contributed by atoms with Crippen LogP contribution >= 0.6 is 0 Å². The zero-order valence-electron chi connectivity index (χ0n) is 93.2. The van der Waals surface area contributed by atoms with Crippen molar-refractivity contribution in [1.29, 1.82) is 0 Å². The SMILES string of the molecule is CC(C)(C)OC1CCOC1.CC(C)(C)OCCCN1CCCCC1.CCOC(C)(C)C.CN1CC2CCCC2C1.[2H]C([2H])(CCN1CCCCC1)OC(C)(C)C.[2H]C([2H])(CCOC(C)(C)C)N1CCCCC1.[2H]C1(C)CC([2H])(OC(C)(C)C)CO1.[2H]C1(COC(C)(C)C)CC2CN(C)CC2C1.[2H]C1(COC(C)(C)C)CC2CN(C)CC2C1.[2H]C1(OC(C)(C)C)CCOC1. The molecule has 18 nitrogen and oxygen atoms in total. The second-order valence-corrected chi connectivity index (χ2v) is 45.2. The highest BCUT2D eigenvalue weighted by molar-refractivity contribution is 4.93. The number of nitrogens with zero attached hydrogens (tertiary/aromatic N) is 6. The maximum atomic E-state index is 8.48. The summed E-state index contributed by atoms with van der Waals surface area (Å²) in [6.07, 6.45) is 21.8. The number of hydrogen-bond donors (Lipinski definition) is 0. The van der Waals surface area contributed by atoms with E-state index >= 15 is 0 Å². The van der Waals surface area contributed by atoms with E-state index in [0.29, 0.717) is 64.8 Å². The first-order valence-electron chi connectivity index (χ1n) is 52.3. The van der Waals surface area contributed by atoms with Crippen molar-refractivity contribution in [2.75, 3.05) is 192 Å². The van der Waals surface area contributed by atoms with E-state index in [1.165, 1.54) is 130 Å². The average Bonchev–Trinajstić information content (AvgIpc) is 1.65. The van der Waals surface area contributed by atoms with Crippen LogP contribution < -0.4 is 0 Å². The van der Waals surface area contributed by atoms with E-state index in [1.54, 1.807) is 6.92 Å². The largest absolute Gasteiger partial charge is 0.379 e. The molecule has 3 saturated carbocycles. The molecular formula is C101H204N6O12. The summed E-state index contributed by atoms with van der Waals surface area (Å²) in [7, 11) is 6.63. The minimum Gasteiger partial charge on any atom is -0.379 e. The molecule has 9 heterocycles. The first kappa shape index (κ1) is 97.3. The zero-order chi connectivity index (χ0) is 97.5. The number of rotatable bonds is 20. The van der Waals surface area contributed by atoms with Gasteiger partial charge in [0.2, 0.25) is 0 Å². The molecule has 10 atom stereocenters. The molecule has 12 rings (SSSR count). The molecule has 0 aromatic heterocycles. The normalized spacial score (nSPS) is 32.5. The van der Waals surface area contributed by atoms with Gasteiger partial charge in [0.15, 0.2) is 0 Å². The Hall–Kier alpha value is -0.720. The van der Waals surface area contributed by atoms with Crippen LogP contribution in [0.3, 0.4) is 0 Å². The van der Waals surface area contributed by atoms with Gasteiger partial charge in [0.1, 0.15) is 0 Å². The second kappa shape index (κ2) is 56.7. The fraction of sp³-hybridized carbons (Fsp3) is 1.00. The Balaban J connectivity index is 0.000000370. The minimum atomic E-state index is -1.50. The zero-order valence-corrected chi connectivity index (χ0v) is 84.2. The maximum Gasteiger partial charge on any atom is 0.0840 e. The number of hydrogen-bond acceptors (Lipinski definition) is 18. The van der Waals surface area contributed by atoms with Crippen molar-refractivity contribution in [2.45, 2.75) is 417 Å². The van der Waals surface area contributed by atoms with Crippen LogP contribution in [-0.4, -0.2) is 296 Å². The number of likely N-dealkylation sites (tertiary alicyclic amines) is 6. The van der Waals surface area contributed by atoms with Gasteiger partial charge in [-0.1, -0.05) is 25.7 Å². The van der Waals surface area contributed by atoms with Crippen LogP contribution in [0, 0.1) is 47.3 Å². The minimum absolute atomic E-state index is 0.0155. The Morgan fingerprint density at radius 2 is 0.706 bits per heavy atom. The molecular weight excluding hydrogens is 1490 g/mol. The van der Waals surface area contributed by atoms with E-state index in [4.69, 9.17) is 69.2 Å². The van der Waals surface area contributed by atoms with Gasteiger partial charge in [-0.3, -0.25) is 0 Å². The Kier molecular flexibility index (Phi) is 46.4. The highest BCUT2D eigenvalue weighted by Crippen LogP contribution is 2.43. The van der Waals surface area contributed by atoms with Crippen LogP contribution in [0.1, 0.15) is 354 Å². The highest BCUT2D eigenvalue weighted by atomic mass is 16.6. The number of fused-ring (bicyclic) bond motifs is 3. The van der Waals surface area contributed by atoms with E-state index in [-0.39, 0.29) is 63.2 Å². The smallest absolute Gasteiger partial charge is 0.0840 e. The van der Waals surface area contributed by atoms with Crippen molar-refractivity contribution in [1.82, 2.24) is 29.4 Å². The first-order chi connectivity index (χ1) is 58.3. The van der Waals surface area contributed by atoms with Crippen molar-refractivity contribution in [2.24, 2.45) is 47.3 Å². The highest BCUT2D eigenvalue weighted by Gasteiger charge is 2.42. The van der Waals surface area contributed by atoms with Gasteiger partial charge in [-0.2, -0.15) is 0 Å². The molecule has 12 fully saturated rings. The summed E-state index contributed by atoms with van der Waals surface area (Å²) in [5.74, 6) is 4.49. The molecule has 0 N–H and O–H groups in total. The van der Waals surface area contributed by atoms with E-state index in [9.17, 15) is 0 Å². The topological polar surface area (TPSA) is 130 Å². The molecule has 710 valence electrons. The molecule has 119 heavy (non-hydrogen) atoms. The number of piperidine rings is 3. The van der Waals surface area contributed by atoms with Gasteiger partial charge < -0.3 is 86.2 Å². The van der Waals surface area contributed by atoms with Gasteiger partial charge in [0, 0.05) is 110 Å². The van der Waals surface area contributed by atoms with Gasteiger partial charge >= 0.3 is 0 Å². The predicted molar refractivity (Wildman–Crippen MR) is 502 cm³/mol. The van der Waals surface area contributed by atoms with Crippen LogP contribution in [0.15, 0.2) is 0 Å². The third-order valence-electron chi connectivity index (χ3n) is 21.9. The third kappa shape index (κ3) is 61.4. The molecule has 0 aromatic rings. The lowest BCUT2D eigenvalue weighted by Crippen LogP contribution is -2.31. The standard InChI is InChI=1S/2C13H25NO.3C12H25NO.C9H18O2.C8H15N.2C8H16O2.C6H14O/c2*1-13(2,3)15-9-10-5-11-7-14(4)8-12(11)6-10;3*1-12(2,3)14-11-7-10-13-8-5-4-6-9-13;1-7-5-8(6-10-7)11-9(2,3)4;1-9-5-7-3-2-4-8(7)6-9;2*1-8(2,3)10-7-4-5-9-6-7;1-5-7-6(2,3)4/h2*10-12H,5-9H2,1-4H3;3*4-11H2,1-3H3;7-8H,5-6H2,1-4H3;7-8H,2-6H2,1H3;2*7H,4-6H2,1-3H3;5H2,1-4H3/i2*10D;11D2;10D2;;7D,8D;;7D;;. The van der Waals surface area contributed by atoms with Crippen LogP contribution in [0.4, 0.5) is 0 Å². The lowest BCUT2D eigenvalue weighted by Gasteiger charge is -2.27. The molecule has 12 aliphatic rings. The Bertz CT molecular complexity index is 2840. The van der Waals surface area contributed by atoms with Gasteiger partial charge in [0.05, 0.1) is 115 Å². The average molecular weight is 1700 g/mol. The van der Waals surface area contributed by atoms with E-state index in [2.05, 4.69) is 149 Å². The molecule has 0 bridgehead atoms. The summed E-state index contributed by atoms with van der Waals surface area (Å²) in [5, 5.41) is 0. The van der Waals surface area contributed by atoms with Crippen molar-refractivity contribution in [3.05, 3.63) is 0 Å². The summed E-state index contributed by atoms with van der Waals surface area (Å²) in [6.45, 7) is 77.8. The Labute approximate surface area is 751 Å². The summed E-state index contributed by atoms with van der Waals surface area (Å²) in [6, 6.07) is 0. The van der Waals surface area contributed by atoms with Gasteiger partial charge in [0.25, 0.3) is 0 Å². The molecule has 0 spiro atoms. The van der Waals surface area contributed by atoms with Crippen LogP contribution in [0.2, 0.25) is 0 Å². The van der Waals surface area contributed by atoms with Gasteiger partial charge in [-0.25, -0.2) is 0 Å². The van der Waals surface area contributed by atoms with Gasteiger partial charge in [-0.05, 0) is 418 Å². The van der Waals surface area contributed by atoms with Crippen molar-refractivity contribution < 1.29 is 69.2 Å². The molecule has 0 aromatic carbocycles. The first-order valence-corrected chi connectivity index (χ1v) is 47.8. The third-order valence-corrected chi connectivity index (χ3v) is 21.9. The fourth-order valence-electron chi connectivity index (χ4n) is 17.0. The summed E-state index contributed by atoms with van der Waals surface area (Å²) < 4.78 is 138. The van der Waals surface area contributed by atoms with Crippen molar-refractivity contribution in [3.8, 4) is 0 Å². The molecule has 9 saturated heterocycles. The summed E-state index contributed by atoms with van der Waals surface area (Å²) in [5.41, 5.74) is -1.33. The quantitative estimate of drug-likeness (QED) is 0.107. The van der Waals surface area contributed by atoms with E-state index < -0.39 is 36.9 Å². The van der Waals surface area contributed by atoms with Crippen molar-refractivity contribution >= 4 is 0 Å². The molecule has 9 aliphatic heterocycles. The summed E-state index contributed by atoms with van der Waals surface area (Å²) >= 11 is 0. The van der Waals surface area contributed by atoms with E-state index in [0.717, 1.165) is 140 Å². The van der Waals surface area contributed by atoms with Crippen LogP contribution in [0.5, 0.6) is 0 Å². The second-order valence-electron chi connectivity index (χ2n) is 45.2. The van der Waals surface area contributed by atoms with Gasteiger partial charge in [-0.15, -0.1) is 0 Å². The fourth-order valence-corrected chi connectivity index (χ4v) is 17.0.